The van der Waals surface area contributed by atoms with Crippen molar-refractivity contribution in [3.63, 3.8) is 0 Å². The molecule has 4 heterocycles. The number of rotatable bonds is 9. The standard InChI is InChI=1S/C13H17BNO2.C12H13BNO2.C12H17NO.C11H12BBrNO.ClH/c1-9-11-4-3-5-12(10(2)17)13(11)6-7-15(9)14-8-16;1-9-11-4-2-3-10(7-15)12(11)5-6-14(9)13-8-16;1-8-10-4-3-5-11(9(2)14)12(10)6-7-13-8;1-8-9-3-2-4-11(13)10(9)5-6-14(8)12-7-15;/h3-5,8-10,17H,6-7H2,1-2H3;2-4,7-9H,5-6H2,1H3;3-5,8-9,13-14H,6-7H2,1-2H3;2-4,7-8H,5-6H2,1H3;1H/t9-,10?;9-;8-,9?;8-;/m0000./s1. The van der Waals surface area contributed by atoms with Crippen LogP contribution in [0.3, 0.4) is 0 Å². The molecule has 4 aromatic rings. The van der Waals surface area contributed by atoms with Gasteiger partial charge in [0.1, 0.15) is 6.29 Å². The number of carbonyl (C=O) groups is 4. The lowest BCUT2D eigenvalue weighted by atomic mass is 9.82. The molecule has 0 saturated heterocycles. The normalized spacial score (nSPS) is 21.0. The second-order valence-electron chi connectivity index (χ2n) is 16.3. The monoisotopic (exact) mass is 935 g/mol. The van der Waals surface area contributed by atoms with Gasteiger partial charge in [-0.2, -0.15) is 0 Å². The molecule has 0 spiro atoms. The average Bonchev–Trinajstić information content (AvgIpc) is 3.27. The summed E-state index contributed by atoms with van der Waals surface area (Å²) in [6.45, 7) is 15.6. The molecule has 3 N–H and O–H groups in total. The van der Waals surface area contributed by atoms with E-state index in [1.165, 1.54) is 37.9 Å². The highest BCUT2D eigenvalue weighted by atomic mass is 79.9. The molecule has 10 nitrogen and oxygen atoms in total. The Bertz CT molecular complexity index is 2150. The molecular formula is C48H60B3BrClN4O6. The summed E-state index contributed by atoms with van der Waals surface area (Å²) in [7, 11) is 4.80. The molecule has 0 amide bonds. The third-order valence-electron chi connectivity index (χ3n) is 12.7. The summed E-state index contributed by atoms with van der Waals surface area (Å²) < 4.78 is 1.18. The van der Waals surface area contributed by atoms with Gasteiger partial charge < -0.3 is 44.3 Å². The molecule has 0 aliphatic carbocycles. The van der Waals surface area contributed by atoms with Crippen LogP contribution in [0.2, 0.25) is 0 Å². The lowest BCUT2D eigenvalue weighted by molar-refractivity contribution is 0.112. The van der Waals surface area contributed by atoms with Crippen LogP contribution in [0.15, 0.2) is 77.3 Å². The number of fused-ring (bicyclic) bond motifs is 4. The molecule has 15 heteroatoms. The second kappa shape index (κ2) is 25.1. The van der Waals surface area contributed by atoms with Crippen molar-refractivity contribution in [2.75, 3.05) is 26.2 Å². The van der Waals surface area contributed by atoms with Crippen molar-refractivity contribution in [3.8, 4) is 0 Å². The number of hydrogen-bond donors (Lipinski definition) is 3. The number of nitrogens with one attached hydrogen (secondary N) is 1. The van der Waals surface area contributed by atoms with E-state index in [-0.39, 0.29) is 36.6 Å². The highest BCUT2D eigenvalue weighted by Crippen LogP contribution is 2.35. The SMILES string of the molecule is CC(O)c1cccc2c1CCN([B]C=O)[C@H]2C.CC(O)c1cccc2c1CCN[C@H]2C.C[C@H]1c2cccc(Br)c2CCN1[B]C=O.C[C@H]1c2cccc(C=O)c2CCN1[B]C=O.Cl. The van der Waals surface area contributed by atoms with Crippen molar-refractivity contribution in [1.29, 1.82) is 0 Å². The molecule has 0 aromatic heterocycles. The Morgan fingerprint density at radius 2 is 0.984 bits per heavy atom. The fourth-order valence-corrected chi connectivity index (χ4v) is 9.84. The minimum Gasteiger partial charge on any atom is -0.389 e. The first-order valence-electron chi connectivity index (χ1n) is 21.7. The molecule has 63 heavy (non-hydrogen) atoms. The maximum atomic E-state index is 10.9. The van der Waals surface area contributed by atoms with Gasteiger partial charge in [0.2, 0.25) is 0 Å². The van der Waals surface area contributed by atoms with Gasteiger partial charge in [-0.3, -0.25) is 4.79 Å². The van der Waals surface area contributed by atoms with Gasteiger partial charge in [0.15, 0.2) is 0 Å². The summed E-state index contributed by atoms with van der Waals surface area (Å²) in [5.74, 6) is 0. The third-order valence-corrected chi connectivity index (χ3v) is 13.4. The van der Waals surface area contributed by atoms with Gasteiger partial charge in [0, 0.05) is 34.2 Å². The average molecular weight is 937 g/mol. The van der Waals surface area contributed by atoms with Crippen molar-refractivity contribution in [1.82, 2.24) is 19.7 Å². The van der Waals surface area contributed by atoms with Crippen LogP contribution in [0.25, 0.3) is 0 Å². The van der Waals surface area contributed by atoms with E-state index in [0.29, 0.717) is 6.04 Å². The van der Waals surface area contributed by atoms with Crippen LogP contribution < -0.4 is 5.32 Å². The van der Waals surface area contributed by atoms with E-state index in [4.69, 9.17) is 0 Å². The Morgan fingerprint density at radius 1 is 0.587 bits per heavy atom. The molecular weight excluding hydrogens is 876 g/mol. The minimum atomic E-state index is -0.432. The number of aliphatic hydroxyl groups is 2. The van der Waals surface area contributed by atoms with Crippen molar-refractivity contribution < 1.29 is 29.4 Å². The molecule has 3 radical (unpaired) electrons. The van der Waals surface area contributed by atoms with Crippen LogP contribution in [0, 0.1) is 0 Å². The summed E-state index contributed by atoms with van der Waals surface area (Å²) in [5.41, 5.74) is 13.0. The van der Waals surface area contributed by atoms with E-state index in [1.54, 1.807) is 29.2 Å². The molecule has 8 rings (SSSR count). The van der Waals surface area contributed by atoms with E-state index in [9.17, 15) is 29.4 Å². The lowest BCUT2D eigenvalue weighted by Gasteiger charge is -2.35. The first-order valence-corrected chi connectivity index (χ1v) is 22.5. The zero-order valence-electron chi connectivity index (χ0n) is 37.2. The van der Waals surface area contributed by atoms with Gasteiger partial charge in [0.05, 0.1) is 30.8 Å². The highest BCUT2D eigenvalue weighted by Gasteiger charge is 2.28. The van der Waals surface area contributed by atoms with Crippen molar-refractivity contribution >= 4 is 75.4 Å². The Labute approximate surface area is 390 Å². The maximum absolute atomic E-state index is 10.9. The summed E-state index contributed by atoms with van der Waals surface area (Å²) >= 11 is 3.57. The van der Waals surface area contributed by atoms with E-state index >= 15 is 0 Å². The molecule has 4 aromatic carbocycles. The predicted molar refractivity (Wildman–Crippen MR) is 261 cm³/mol. The van der Waals surface area contributed by atoms with Crippen LogP contribution in [0.1, 0.15) is 144 Å². The Balaban J connectivity index is 0.000000184. The Hall–Kier alpha value is -3.72. The summed E-state index contributed by atoms with van der Waals surface area (Å²) in [5, 5.41) is 22.8. The van der Waals surface area contributed by atoms with Crippen molar-refractivity contribution in [2.45, 2.75) is 104 Å². The summed E-state index contributed by atoms with van der Waals surface area (Å²) in [6, 6.07) is 25.3. The van der Waals surface area contributed by atoms with E-state index in [1.807, 2.05) is 72.0 Å². The zero-order chi connectivity index (χ0) is 44.9. The maximum Gasteiger partial charge on any atom is 0.293 e. The quantitative estimate of drug-likeness (QED) is 0.117. The lowest BCUT2D eigenvalue weighted by Crippen LogP contribution is -2.38. The molecule has 0 fully saturated rings. The van der Waals surface area contributed by atoms with Crippen LogP contribution >= 0.6 is 28.3 Å². The first kappa shape index (κ1) is 51.9. The second-order valence-corrected chi connectivity index (χ2v) is 17.1. The topological polar surface area (TPSA) is 130 Å². The number of benzene rings is 4. The van der Waals surface area contributed by atoms with E-state index in [0.717, 1.165) is 105 Å². The van der Waals surface area contributed by atoms with Gasteiger partial charge in [-0.05, 0) is 155 Å². The number of aldehydes is 1. The largest absolute Gasteiger partial charge is 0.389 e. The molecule has 4 aliphatic rings. The predicted octanol–water partition coefficient (Wildman–Crippen LogP) is 7.24. The number of halogens is 2. The molecule has 0 bridgehead atoms. The molecule has 331 valence electrons. The number of aliphatic hydroxyl groups excluding tert-OH is 2. The fraction of sp³-hybridized carbons (Fsp3) is 0.417. The van der Waals surface area contributed by atoms with Gasteiger partial charge in [0.25, 0.3) is 22.2 Å². The van der Waals surface area contributed by atoms with Gasteiger partial charge in [-0.1, -0.05) is 82.7 Å². The van der Waals surface area contributed by atoms with Crippen LogP contribution in [0.5, 0.6) is 0 Å². The Morgan fingerprint density at radius 3 is 1.46 bits per heavy atom. The molecule has 6 atom stereocenters. The molecule has 2 unspecified atom stereocenters. The zero-order valence-corrected chi connectivity index (χ0v) is 39.6. The number of nitrogens with zero attached hydrogens (tertiary/aromatic N) is 3. The Kier molecular flexibility index (Phi) is 20.7. The third kappa shape index (κ3) is 12.8. The van der Waals surface area contributed by atoms with Crippen molar-refractivity contribution in [3.05, 3.63) is 138 Å². The van der Waals surface area contributed by atoms with Gasteiger partial charge >= 0.3 is 0 Å². The van der Waals surface area contributed by atoms with Crippen LogP contribution in [-0.4, -0.2) is 97.9 Å². The van der Waals surface area contributed by atoms with Crippen LogP contribution in [0.4, 0.5) is 0 Å². The summed E-state index contributed by atoms with van der Waals surface area (Å²) in [6.07, 6.45) is 6.35. The van der Waals surface area contributed by atoms with E-state index in [2.05, 4.69) is 71.1 Å². The van der Waals surface area contributed by atoms with Crippen molar-refractivity contribution in [2.24, 2.45) is 0 Å². The highest BCUT2D eigenvalue weighted by molar-refractivity contribution is 9.10. The number of carbonyl (C=O) groups excluding carboxylic acids is 4. The minimum absolute atomic E-state index is 0. The van der Waals surface area contributed by atoms with Gasteiger partial charge in [-0.25, -0.2) is 0 Å². The number of hydrogen-bond acceptors (Lipinski definition) is 10. The first-order chi connectivity index (χ1) is 29.9. The van der Waals surface area contributed by atoms with E-state index < -0.39 is 6.10 Å². The molecule has 0 saturated carbocycles. The summed E-state index contributed by atoms with van der Waals surface area (Å²) in [4.78, 5) is 48.6. The smallest absolute Gasteiger partial charge is 0.293 e. The van der Waals surface area contributed by atoms with Crippen LogP contribution in [-0.2, 0) is 40.1 Å². The molecule has 4 aliphatic heterocycles. The van der Waals surface area contributed by atoms with Gasteiger partial charge in [-0.15, -0.1) is 12.4 Å². The fourth-order valence-electron chi connectivity index (χ4n) is 9.26.